The number of benzene rings is 1. The normalized spacial score (nSPS) is 17.8. The van der Waals surface area contributed by atoms with Gasteiger partial charge in [0.15, 0.2) is 5.82 Å². The highest BCUT2D eigenvalue weighted by Gasteiger charge is 2.22. The van der Waals surface area contributed by atoms with Gasteiger partial charge in [0.05, 0.1) is 19.3 Å². The molecule has 2 heterocycles. The van der Waals surface area contributed by atoms with E-state index in [1.807, 2.05) is 0 Å². The van der Waals surface area contributed by atoms with Gasteiger partial charge in [-0.15, -0.1) is 0 Å². The number of nitrogens with zero attached hydrogens (tertiary/aromatic N) is 3. The molecule has 140 valence electrons. The molecule has 8 heteroatoms. The molecule has 1 aromatic heterocycles. The van der Waals surface area contributed by atoms with Crippen molar-refractivity contribution in [1.29, 1.82) is 0 Å². The quantitative estimate of drug-likeness (QED) is 0.795. The van der Waals surface area contributed by atoms with Crippen LogP contribution in [0.3, 0.4) is 0 Å². The second-order valence-electron chi connectivity index (χ2n) is 6.52. The average molecular weight is 379 g/mol. The molecule has 1 amide bonds. The third kappa shape index (κ3) is 5.19. The Labute approximate surface area is 157 Å². The summed E-state index contributed by atoms with van der Waals surface area (Å²) in [5, 5.41) is 7.32. The van der Waals surface area contributed by atoms with E-state index >= 15 is 0 Å². The summed E-state index contributed by atoms with van der Waals surface area (Å²) in [6, 6.07) is 5.18. The molecule has 1 aliphatic rings. The fraction of sp³-hybridized carbons (Fsp3) is 0.500. The standard InChI is InChI=1S/C18H23ClN4O3/c1-25-16-6-5-14(19)9-15(16)21-18(24)7-4-13-3-2-8-23(10-13)11-17-20-12-26-22-17/h5-6,9,12-13H,2-4,7-8,10-11H2,1H3,(H,21,24)/t13-/m1/s1. The molecular weight excluding hydrogens is 356 g/mol. The molecule has 0 aliphatic carbocycles. The number of methoxy groups -OCH3 is 1. The molecule has 2 aromatic rings. The number of nitrogens with one attached hydrogen (secondary N) is 1. The van der Waals surface area contributed by atoms with Gasteiger partial charge in [-0.2, -0.15) is 4.98 Å². The third-order valence-corrected chi connectivity index (χ3v) is 4.83. The molecule has 1 saturated heterocycles. The number of carbonyl (C=O) groups is 1. The van der Waals surface area contributed by atoms with Crippen LogP contribution in [0.5, 0.6) is 5.75 Å². The number of ether oxygens (including phenoxy) is 1. The van der Waals surface area contributed by atoms with E-state index in [1.54, 1.807) is 25.3 Å². The van der Waals surface area contributed by atoms with Gasteiger partial charge in [-0.25, -0.2) is 0 Å². The van der Waals surface area contributed by atoms with Crippen LogP contribution in [0.2, 0.25) is 5.02 Å². The highest BCUT2D eigenvalue weighted by atomic mass is 35.5. The van der Waals surface area contributed by atoms with Gasteiger partial charge in [-0.05, 0) is 49.9 Å². The minimum Gasteiger partial charge on any atom is -0.495 e. The van der Waals surface area contributed by atoms with E-state index in [1.165, 1.54) is 6.39 Å². The van der Waals surface area contributed by atoms with Crippen LogP contribution in [0, 0.1) is 5.92 Å². The number of anilines is 1. The van der Waals surface area contributed by atoms with Crippen LogP contribution < -0.4 is 10.1 Å². The molecular formula is C18H23ClN4O3. The molecule has 0 spiro atoms. The van der Waals surface area contributed by atoms with Crippen LogP contribution in [0.15, 0.2) is 29.1 Å². The van der Waals surface area contributed by atoms with Gasteiger partial charge in [0.2, 0.25) is 12.3 Å². The number of hydrogen-bond acceptors (Lipinski definition) is 6. The molecule has 0 saturated carbocycles. The minimum atomic E-state index is -0.0270. The fourth-order valence-electron chi connectivity index (χ4n) is 3.32. The van der Waals surface area contributed by atoms with Crippen molar-refractivity contribution >= 4 is 23.2 Å². The average Bonchev–Trinajstić information content (AvgIpc) is 3.13. The van der Waals surface area contributed by atoms with Crippen molar-refractivity contribution in [2.24, 2.45) is 5.92 Å². The highest BCUT2D eigenvalue weighted by molar-refractivity contribution is 6.31. The maximum atomic E-state index is 12.3. The third-order valence-electron chi connectivity index (χ3n) is 4.59. The molecule has 1 N–H and O–H groups in total. The minimum absolute atomic E-state index is 0.0270. The maximum absolute atomic E-state index is 12.3. The number of likely N-dealkylation sites (tertiary alicyclic amines) is 1. The summed E-state index contributed by atoms with van der Waals surface area (Å²) < 4.78 is 10.0. The zero-order valence-corrected chi connectivity index (χ0v) is 15.5. The zero-order chi connectivity index (χ0) is 18.4. The van der Waals surface area contributed by atoms with Crippen molar-refractivity contribution in [3.8, 4) is 5.75 Å². The van der Waals surface area contributed by atoms with E-state index in [0.29, 0.717) is 41.2 Å². The summed E-state index contributed by atoms with van der Waals surface area (Å²) in [6.07, 6.45) is 4.92. The number of carbonyl (C=O) groups excluding carboxylic acids is 1. The molecule has 1 aromatic carbocycles. The Hall–Kier alpha value is -2.12. The first kappa shape index (κ1) is 18.7. The molecule has 7 nitrogen and oxygen atoms in total. The summed E-state index contributed by atoms with van der Waals surface area (Å²) >= 11 is 6.00. The van der Waals surface area contributed by atoms with E-state index in [4.69, 9.17) is 20.9 Å². The molecule has 3 rings (SSSR count). The smallest absolute Gasteiger partial charge is 0.224 e. The van der Waals surface area contributed by atoms with Gasteiger partial charge >= 0.3 is 0 Å². The Bertz CT molecular complexity index is 723. The predicted molar refractivity (Wildman–Crippen MR) is 98.2 cm³/mol. The van der Waals surface area contributed by atoms with Crippen LogP contribution in [-0.2, 0) is 11.3 Å². The van der Waals surface area contributed by atoms with E-state index in [9.17, 15) is 4.79 Å². The fourth-order valence-corrected chi connectivity index (χ4v) is 3.49. The van der Waals surface area contributed by atoms with E-state index in [0.717, 1.165) is 32.4 Å². The predicted octanol–water partition coefficient (Wildman–Crippen LogP) is 3.36. The van der Waals surface area contributed by atoms with E-state index in [2.05, 4.69) is 20.4 Å². The first-order chi connectivity index (χ1) is 12.6. The van der Waals surface area contributed by atoms with E-state index in [-0.39, 0.29) is 5.91 Å². The number of rotatable bonds is 7. The summed E-state index contributed by atoms with van der Waals surface area (Å²) in [4.78, 5) is 18.7. The lowest BCUT2D eigenvalue weighted by atomic mass is 9.93. The van der Waals surface area contributed by atoms with E-state index < -0.39 is 0 Å². The molecule has 1 aliphatic heterocycles. The number of hydrogen-bond donors (Lipinski definition) is 1. The summed E-state index contributed by atoms with van der Waals surface area (Å²) in [5.74, 6) is 1.77. The lowest BCUT2D eigenvalue weighted by Gasteiger charge is -2.31. The number of halogens is 1. The van der Waals surface area contributed by atoms with Crippen LogP contribution >= 0.6 is 11.6 Å². The van der Waals surface area contributed by atoms with Crippen LogP contribution in [0.4, 0.5) is 5.69 Å². The van der Waals surface area contributed by atoms with Crippen molar-refractivity contribution in [2.75, 3.05) is 25.5 Å². The molecule has 1 atom stereocenters. The van der Waals surface area contributed by atoms with Crippen molar-refractivity contribution < 1.29 is 14.1 Å². The molecule has 0 unspecified atom stereocenters. The second kappa shape index (κ2) is 9.00. The van der Waals surface area contributed by atoms with Crippen molar-refractivity contribution in [3.05, 3.63) is 35.4 Å². The van der Waals surface area contributed by atoms with Crippen molar-refractivity contribution in [3.63, 3.8) is 0 Å². The maximum Gasteiger partial charge on any atom is 0.224 e. The topological polar surface area (TPSA) is 80.5 Å². The Morgan fingerprint density at radius 2 is 2.38 bits per heavy atom. The van der Waals surface area contributed by atoms with Gasteiger partial charge in [0.1, 0.15) is 5.75 Å². The Kier molecular flexibility index (Phi) is 6.46. The lowest BCUT2D eigenvalue weighted by Crippen LogP contribution is -2.35. The van der Waals surface area contributed by atoms with Gasteiger partial charge in [0.25, 0.3) is 0 Å². The zero-order valence-electron chi connectivity index (χ0n) is 14.8. The Morgan fingerprint density at radius 1 is 1.50 bits per heavy atom. The van der Waals surface area contributed by atoms with Crippen LogP contribution in [-0.4, -0.2) is 41.1 Å². The Morgan fingerprint density at radius 3 is 3.15 bits per heavy atom. The van der Waals surface area contributed by atoms with Gasteiger partial charge in [-0.1, -0.05) is 16.8 Å². The van der Waals surface area contributed by atoms with Crippen molar-refractivity contribution in [2.45, 2.75) is 32.2 Å². The lowest BCUT2D eigenvalue weighted by molar-refractivity contribution is -0.116. The SMILES string of the molecule is COc1ccc(Cl)cc1NC(=O)CC[C@H]1CCCN(Cc2ncon2)C1. The Balaban J connectivity index is 1.47. The summed E-state index contributed by atoms with van der Waals surface area (Å²) in [7, 11) is 1.57. The number of amides is 1. The van der Waals surface area contributed by atoms with Gasteiger partial charge < -0.3 is 14.6 Å². The number of piperidine rings is 1. The van der Waals surface area contributed by atoms with Gasteiger partial charge in [0, 0.05) is 18.0 Å². The van der Waals surface area contributed by atoms with Crippen LogP contribution in [0.1, 0.15) is 31.5 Å². The van der Waals surface area contributed by atoms with Gasteiger partial charge in [-0.3, -0.25) is 9.69 Å². The first-order valence-corrected chi connectivity index (χ1v) is 9.13. The summed E-state index contributed by atoms with van der Waals surface area (Å²) in [6.45, 7) is 2.66. The molecule has 26 heavy (non-hydrogen) atoms. The molecule has 1 fully saturated rings. The first-order valence-electron chi connectivity index (χ1n) is 8.75. The van der Waals surface area contributed by atoms with Crippen molar-refractivity contribution in [1.82, 2.24) is 15.0 Å². The van der Waals surface area contributed by atoms with Crippen LogP contribution in [0.25, 0.3) is 0 Å². The summed E-state index contributed by atoms with van der Waals surface area (Å²) in [5.41, 5.74) is 0.604. The highest BCUT2D eigenvalue weighted by Crippen LogP contribution is 2.28. The molecule has 0 radical (unpaired) electrons. The second-order valence-corrected chi connectivity index (χ2v) is 6.96. The monoisotopic (exact) mass is 378 g/mol. The number of aromatic nitrogens is 2. The largest absolute Gasteiger partial charge is 0.495 e. The molecule has 0 bridgehead atoms.